The van der Waals surface area contributed by atoms with E-state index in [0.29, 0.717) is 5.92 Å². The molecule has 0 aromatic heterocycles. The molecule has 0 radical (unpaired) electrons. The summed E-state index contributed by atoms with van der Waals surface area (Å²) in [6.45, 7) is 3.03. The minimum absolute atomic E-state index is 0.0993. The molecule has 3 aliphatic rings. The van der Waals surface area contributed by atoms with Gasteiger partial charge in [-0.1, -0.05) is 0 Å². The van der Waals surface area contributed by atoms with E-state index in [2.05, 4.69) is 23.7 Å². The summed E-state index contributed by atoms with van der Waals surface area (Å²) in [5.74, 6) is 2.91. The first kappa shape index (κ1) is 15.1. The van der Waals surface area contributed by atoms with Crippen molar-refractivity contribution in [1.29, 1.82) is 0 Å². The molecule has 0 amide bonds. The Morgan fingerprint density at radius 2 is 1.95 bits per heavy atom. The van der Waals surface area contributed by atoms with Gasteiger partial charge in [-0.25, -0.2) is 0 Å². The third-order valence-corrected chi connectivity index (χ3v) is 6.72. The van der Waals surface area contributed by atoms with Gasteiger partial charge in [-0.2, -0.15) is 11.8 Å². The molecule has 3 fully saturated rings. The quantitative estimate of drug-likeness (QED) is 0.806. The number of ether oxygens (including phenoxy) is 1. The van der Waals surface area contributed by atoms with E-state index in [1.165, 1.54) is 24.3 Å². The Kier molecular flexibility index (Phi) is 4.66. The fraction of sp³-hybridized carbons (Fsp3) is 1.00. The predicted molar refractivity (Wildman–Crippen MR) is 84.3 cm³/mol. The normalized spacial score (nSPS) is 39.6. The van der Waals surface area contributed by atoms with Crippen molar-refractivity contribution in [2.45, 2.75) is 56.1 Å². The maximum absolute atomic E-state index is 11.2. The van der Waals surface area contributed by atoms with Gasteiger partial charge in [0, 0.05) is 13.2 Å². The maximum Gasteiger partial charge on any atom is 0.0702 e. The van der Waals surface area contributed by atoms with E-state index < -0.39 is 5.60 Å². The van der Waals surface area contributed by atoms with E-state index in [1.54, 1.807) is 0 Å². The highest BCUT2D eigenvalue weighted by Gasteiger charge is 2.46. The first-order valence-electron chi connectivity index (χ1n) is 8.25. The summed E-state index contributed by atoms with van der Waals surface area (Å²) >= 11 is 2.05. The molecule has 0 aromatic carbocycles. The summed E-state index contributed by atoms with van der Waals surface area (Å²) in [7, 11) is 2.18. The standard InChI is InChI=1S/C16H29NO2S/c1-17-8-2-4-16(18,5-9-17)14-3-10-19-15(13-14)6-11-20-12-7-15/h14,18H,2-13H2,1H3. The second kappa shape index (κ2) is 6.15. The van der Waals surface area contributed by atoms with E-state index in [9.17, 15) is 5.11 Å². The van der Waals surface area contributed by atoms with Crippen LogP contribution in [0.25, 0.3) is 0 Å². The Balaban J connectivity index is 1.69. The molecule has 1 N–H and O–H groups in total. The lowest BCUT2D eigenvalue weighted by Gasteiger charge is -2.48. The van der Waals surface area contributed by atoms with Gasteiger partial charge >= 0.3 is 0 Å². The van der Waals surface area contributed by atoms with E-state index >= 15 is 0 Å². The van der Waals surface area contributed by atoms with Crippen molar-refractivity contribution in [2.24, 2.45) is 5.92 Å². The molecule has 0 bridgehead atoms. The summed E-state index contributed by atoms with van der Waals surface area (Å²) in [6.07, 6.45) is 7.57. The number of nitrogens with zero attached hydrogens (tertiary/aromatic N) is 1. The lowest BCUT2D eigenvalue weighted by atomic mass is 9.71. The molecule has 116 valence electrons. The molecule has 1 spiro atoms. The zero-order chi connectivity index (χ0) is 14.1. The number of likely N-dealkylation sites (tertiary alicyclic amines) is 1. The Labute approximate surface area is 127 Å². The summed E-state index contributed by atoms with van der Waals surface area (Å²) in [5.41, 5.74) is -0.339. The number of rotatable bonds is 1. The van der Waals surface area contributed by atoms with Crippen molar-refractivity contribution >= 4 is 11.8 Å². The van der Waals surface area contributed by atoms with Crippen molar-refractivity contribution in [3.63, 3.8) is 0 Å². The van der Waals surface area contributed by atoms with Gasteiger partial charge in [0.05, 0.1) is 11.2 Å². The van der Waals surface area contributed by atoms with Crippen LogP contribution in [0.3, 0.4) is 0 Å². The van der Waals surface area contributed by atoms with Crippen LogP contribution in [0.2, 0.25) is 0 Å². The average Bonchev–Trinajstić information content (AvgIpc) is 2.63. The molecule has 3 heterocycles. The van der Waals surface area contributed by atoms with Gasteiger partial charge in [-0.05, 0) is 76.0 Å². The van der Waals surface area contributed by atoms with E-state index in [4.69, 9.17) is 4.74 Å². The van der Waals surface area contributed by atoms with Gasteiger partial charge in [0.1, 0.15) is 0 Å². The van der Waals surface area contributed by atoms with Gasteiger partial charge in [0.15, 0.2) is 0 Å². The molecule has 3 nitrogen and oxygen atoms in total. The second-order valence-corrected chi connectivity index (χ2v) is 8.32. The van der Waals surface area contributed by atoms with E-state index in [-0.39, 0.29) is 5.60 Å². The van der Waals surface area contributed by atoms with Gasteiger partial charge in [0.25, 0.3) is 0 Å². The molecule has 20 heavy (non-hydrogen) atoms. The predicted octanol–water partition coefficient (Wildman–Crippen LogP) is 2.53. The molecule has 0 aliphatic carbocycles. The Morgan fingerprint density at radius 3 is 2.75 bits per heavy atom. The third-order valence-electron chi connectivity index (χ3n) is 5.73. The highest BCUT2D eigenvalue weighted by Crippen LogP contribution is 2.45. The molecule has 3 rings (SSSR count). The Hall–Kier alpha value is 0.230. The molecular weight excluding hydrogens is 270 g/mol. The van der Waals surface area contributed by atoms with Gasteiger partial charge < -0.3 is 14.7 Å². The molecule has 2 unspecified atom stereocenters. The lowest BCUT2D eigenvalue weighted by Crippen LogP contribution is -2.50. The SMILES string of the molecule is CN1CCCC(O)(C2CCOC3(CCSCC3)C2)CC1. The Morgan fingerprint density at radius 1 is 1.15 bits per heavy atom. The minimum Gasteiger partial charge on any atom is -0.390 e. The number of aliphatic hydroxyl groups is 1. The third kappa shape index (κ3) is 3.18. The first-order chi connectivity index (χ1) is 9.62. The van der Waals surface area contributed by atoms with Crippen molar-refractivity contribution in [2.75, 3.05) is 38.2 Å². The first-order valence-corrected chi connectivity index (χ1v) is 9.40. The number of thioether (sulfide) groups is 1. The number of hydrogen-bond donors (Lipinski definition) is 1. The summed E-state index contributed by atoms with van der Waals surface area (Å²) in [5, 5.41) is 11.2. The smallest absolute Gasteiger partial charge is 0.0702 e. The van der Waals surface area contributed by atoms with Crippen LogP contribution >= 0.6 is 11.8 Å². The van der Waals surface area contributed by atoms with Crippen LogP contribution in [0.15, 0.2) is 0 Å². The average molecular weight is 299 g/mol. The van der Waals surface area contributed by atoms with Crippen LogP contribution < -0.4 is 0 Å². The zero-order valence-electron chi connectivity index (χ0n) is 12.8. The van der Waals surface area contributed by atoms with Crippen LogP contribution in [0.1, 0.15) is 44.9 Å². The van der Waals surface area contributed by atoms with Crippen LogP contribution in [-0.4, -0.2) is 59.5 Å². The molecule has 2 atom stereocenters. The molecule has 3 saturated heterocycles. The van der Waals surface area contributed by atoms with E-state index in [0.717, 1.165) is 51.8 Å². The fourth-order valence-corrected chi connectivity index (χ4v) is 5.50. The molecule has 4 heteroatoms. The zero-order valence-corrected chi connectivity index (χ0v) is 13.6. The van der Waals surface area contributed by atoms with Gasteiger partial charge in [-0.15, -0.1) is 0 Å². The maximum atomic E-state index is 11.2. The fourth-order valence-electron chi connectivity index (χ4n) is 4.26. The summed E-state index contributed by atoms with van der Waals surface area (Å²) < 4.78 is 6.19. The lowest BCUT2D eigenvalue weighted by molar-refractivity contribution is -0.149. The summed E-state index contributed by atoms with van der Waals surface area (Å²) in [4.78, 5) is 2.37. The highest BCUT2D eigenvalue weighted by molar-refractivity contribution is 7.99. The van der Waals surface area contributed by atoms with Crippen molar-refractivity contribution < 1.29 is 9.84 Å². The van der Waals surface area contributed by atoms with Crippen molar-refractivity contribution in [3.05, 3.63) is 0 Å². The largest absolute Gasteiger partial charge is 0.390 e. The van der Waals surface area contributed by atoms with Crippen LogP contribution in [-0.2, 0) is 4.74 Å². The van der Waals surface area contributed by atoms with Gasteiger partial charge in [-0.3, -0.25) is 0 Å². The van der Waals surface area contributed by atoms with Crippen molar-refractivity contribution in [1.82, 2.24) is 4.90 Å². The minimum atomic E-state index is -0.438. The van der Waals surface area contributed by atoms with Crippen molar-refractivity contribution in [3.8, 4) is 0 Å². The highest BCUT2D eigenvalue weighted by atomic mass is 32.2. The monoisotopic (exact) mass is 299 g/mol. The summed E-state index contributed by atoms with van der Waals surface area (Å²) in [6, 6.07) is 0. The molecule has 0 aromatic rings. The Bertz CT molecular complexity index is 327. The molecular formula is C16H29NO2S. The second-order valence-electron chi connectivity index (χ2n) is 7.09. The molecule has 3 aliphatic heterocycles. The molecule has 0 saturated carbocycles. The van der Waals surface area contributed by atoms with Crippen LogP contribution in [0.4, 0.5) is 0 Å². The van der Waals surface area contributed by atoms with Gasteiger partial charge in [0.2, 0.25) is 0 Å². The van der Waals surface area contributed by atoms with Crippen LogP contribution in [0.5, 0.6) is 0 Å². The number of hydrogen-bond acceptors (Lipinski definition) is 4. The van der Waals surface area contributed by atoms with Crippen LogP contribution in [0, 0.1) is 5.92 Å². The van der Waals surface area contributed by atoms with E-state index in [1.807, 2.05) is 0 Å². The topological polar surface area (TPSA) is 32.7 Å².